The topological polar surface area (TPSA) is 44.4 Å². The van der Waals surface area contributed by atoms with Crippen molar-refractivity contribution in [1.29, 1.82) is 0 Å². The molecule has 4 nitrogen and oxygen atoms in total. The molecule has 1 aliphatic rings. The summed E-state index contributed by atoms with van der Waals surface area (Å²) in [5.41, 5.74) is 0. The van der Waals surface area contributed by atoms with E-state index in [9.17, 15) is 4.79 Å². The van der Waals surface area contributed by atoms with E-state index in [4.69, 9.17) is 0 Å². The Balaban J connectivity index is 2.33. The molecule has 0 aromatic rings. The first-order valence-corrected chi connectivity index (χ1v) is 6.99. The van der Waals surface area contributed by atoms with Gasteiger partial charge < -0.3 is 10.6 Å². The molecule has 1 amide bonds. The fraction of sp³-hybridized carbons (Fsp3) is 0.923. The van der Waals surface area contributed by atoms with Crippen molar-refractivity contribution in [2.45, 2.75) is 45.6 Å². The second kappa shape index (κ2) is 8.48. The molecule has 1 fully saturated rings. The molecule has 4 heteroatoms. The summed E-state index contributed by atoms with van der Waals surface area (Å²) in [5.74, 6) is 0.183. The Kier molecular flexibility index (Phi) is 7.21. The van der Waals surface area contributed by atoms with Crippen LogP contribution in [0.2, 0.25) is 0 Å². The quantitative estimate of drug-likeness (QED) is 0.698. The Morgan fingerprint density at radius 3 is 2.59 bits per heavy atom. The maximum atomic E-state index is 11.5. The van der Waals surface area contributed by atoms with E-state index in [0.717, 1.165) is 32.7 Å². The standard InChI is InChI=1S/C13H27N3O/c1-3-10-16(11-7-13(17)15-4-2)12-5-8-14-9-6-12/h12,14H,3-11H2,1-2H3,(H,15,17). The van der Waals surface area contributed by atoms with Gasteiger partial charge in [0.2, 0.25) is 5.91 Å². The Labute approximate surface area is 105 Å². The van der Waals surface area contributed by atoms with Gasteiger partial charge in [-0.2, -0.15) is 0 Å². The summed E-state index contributed by atoms with van der Waals surface area (Å²) < 4.78 is 0. The second-order valence-electron chi connectivity index (χ2n) is 4.72. The van der Waals surface area contributed by atoms with Gasteiger partial charge in [0.05, 0.1) is 0 Å². The molecule has 2 N–H and O–H groups in total. The van der Waals surface area contributed by atoms with Crippen molar-refractivity contribution in [3.63, 3.8) is 0 Å². The van der Waals surface area contributed by atoms with Crippen molar-refractivity contribution in [1.82, 2.24) is 15.5 Å². The minimum atomic E-state index is 0.183. The molecule has 0 saturated carbocycles. The number of nitrogens with zero attached hydrogens (tertiary/aromatic N) is 1. The average molecular weight is 241 g/mol. The van der Waals surface area contributed by atoms with Gasteiger partial charge in [0.1, 0.15) is 0 Å². The zero-order chi connectivity index (χ0) is 12.5. The monoisotopic (exact) mass is 241 g/mol. The zero-order valence-corrected chi connectivity index (χ0v) is 11.3. The lowest BCUT2D eigenvalue weighted by atomic mass is 10.0. The highest BCUT2D eigenvalue weighted by molar-refractivity contribution is 5.75. The minimum absolute atomic E-state index is 0.183. The summed E-state index contributed by atoms with van der Waals surface area (Å²) >= 11 is 0. The molecule has 1 heterocycles. The molecule has 0 bridgehead atoms. The Morgan fingerprint density at radius 1 is 1.29 bits per heavy atom. The normalized spacial score (nSPS) is 17.4. The number of rotatable bonds is 7. The van der Waals surface area contributed by atoms with Crippen LogP contribution in [0.3, 0.4) is 0 Å². The van der Waals surface area contributed by atoms with Crippen LogP contribution in [0.5, 0.6) is 0 Å². The maximum absolute atomic E-state index is 11.5. The summed E-state index contributed by atoms with van der Waals surface area (Å²) in [6.45, 7) is 9.17. The number of piperidine rings is 1. The molecule has 100 valence electrons. The number of hydrogen-bond acceptors (Lipinski definition) is 3. The van der Waals surface area contributed by atoms with Crippen LogP contribution in [0.15, 0.2) is 0 Å². The summed E-state index contributed by atoms with van der Waals surface area (Å²) in [5, 5.41) is 6.26. The van der Waals surface area contributed by atoms with E-state index >= 15 is 0 Å². The molecular weight excluding hydrogens is 214 g/mol. The van der Waals surface area contributed by atoms with Crippen molar-refractivity contribution < 1.29 is 4.79 Å². The molecule has 0 unspecified atom stereocenters. The summed E-state index contributed by atoms with van der Waals surface area (Å²) in [7, 11) is 0. The molecular formula is C13H27N3O. The highest BCUT2D eigenvalue weighted by atomic mass is 16.1. The lowest BCUT2D eigenvalue weighted by Crippen LogP contribution is -2.44. The number of hydrogen-bond donors (Lipinski definition) is 2. The maximum Gasteiger partial charge on any atom is 0.221 e. The minimum Gasteiger partial charge on any atom is -0.356 e. The Morgan fingerprint density at radius 2 is 2.00 bits per heavy atom. The van der Waals surface area contributed by atoms with E-state index < -0.39 is 0 Å². The van der Waals surface area contributed by atoms with Crippen molar-refractivity contribution in [3.05, 3.63) is 0 Å². The van der Waals surface area contributed by atoms with Crippen LogP contribution in [0.1, 0.15) is 39.5 Å². The molecule has 1 rings (SSSR count). The lowest BCUT2D eigenvalue weighted by molar-refractivity contribution is -0.121. The van der Waals surface area contributed by atoms with Crippen LogP contribution >= 0.6 is 0 Å². The van der Waals surface area contributed by atoms with Gasteiger partial charge in [-0.05, 0) is 45.8 Å². The third-order valence-electron chi connectivity index (χ3n) is 3.34. The van der Waals surface area contributed by atoms with E-state index in [1.54, 1.807) is 0 Å². The van der Waals surface area contributed by atoms with Gasteiger partial charge in [0, 0.05) is 25.6 Å². The SMILES string of the molecule is CCCN(CCC(=O)NCC)C1CCNCC1. The lowest BCUT2D eigenvalue weighted by Gasteiger charge is -2.34. The van der Waals surface area contributed by atoms with Gasteiger partial charge in [-0.15, -0.1) is 0 Å². The van der Waals surface area contributed by atoms with Crippen molar-refractivity contribution in [3.8, 4) is 0 Å². The third kappa shape index (κ3) is 5.50. The number of carbonyl (C=O) groups is 1. The first-order valence-electron chi connectivity index (χ1n) is 6.99. The number of carbonyl (C=O) groups excluding carboxylic acids is 1. The Bertz CT molecular complexity index is 215. The van der Waals surface area contributed by atoms with Crippen molar-refractivity contribution in [2.24, 2.45) is 0 Å². The fourth-order valence-electron chi connectivity index (χ4n) is 2.47. The van der Waals surface area contributed by atoms with Gasteiger partial charge in [-0.1, -0.05) is 6.92 Å². The molecule has 0 aromatic carbocycles. The van der Waals surface area contributed by atoms with Gasteiger partial charge >= 0.3 is 0 Å². The van der Waals surface area contributed by atoms with Crippen molar-refractivity contribution >= 4 is 5.91 Å². The summed E-state index contributed by atoms with van der Waals surface area (Å²) in [6, 6.07) is 0.672. The van der Waals surface area contributed by atoms with Crippen LogP contribution in [0, 0.1) is 0 Å². The van der Waals surface area contributed by atoms with E-state index in [1.165, 1.54) is 19.3 Å². The van der Waals surface area contributed by atoms with Crippen LogP contribution in [0.4, 0.5) is 0 Å². The van der Waals surface area contributed by atoms with Gasteiger partial charge in [0.15, 0.2) is 0 Å². The molecule has 0 atom stereocenters. The predicted molar refractivity (Wildman–Crippen MR) is 71.1 cm³/mol. The van der Waals surface area contributed by atoms with Crippen LogP contribution < -0.4 is 10.6 Å². The first kappa shape index (κ1) is 14.5. The average Bonchev–Trinajstić information content (AvgIpc) is 2.36. The second-order valence-corrected chi connectivity index (χ2v) is 4.72. The largest absolute Gasteiger partial charge is 0.356 e. The third-order valence-corrected chi connectivity index (χ3v) is 3.34. The van der Waals surface area contributed by atoms with Gasteiger partial charge in [-0.3, -0.25) is 9.69 Å². The molecule has 0 aliphatic carbocycles. The molecule has 1 saturated heterocycles. The van der Waals surface area contributed by atoms with E-state index in [1.807, 2.05) is 6.92 Å². The molecule has 0 aromatic heterocycles. The zero-order valence-electron chi connectivity index (χ0n) is 11.3. The number of nitrogens with one attached hydrogen (secondary N) is 2. The summed E-state index contributed by atoms with van der Waals surface area (Å²) in [4.78, 5) is 14.0. The highest BCUT2D eigenvalue weighted by Crippen LogP contribution is 2.12. The fourth-order valence-corrected chi connectivity index (χ4v) is 2.47. The van der Waals surface area contributed by atoms with Crippen LogP contribution in [-0.2, 0) is 4.79 Å². The van der Waals surface area contributed by atoms with Crippen molar-refractivity contribution in [2.75, 3.05) is 32.7 Å². The van der Waals surface area contributed by atoms with Crippen LogP contribution in [-0.4, -0.2) is 49.6 Å². The summed E-state index contributed by atoms with van der Waals surface area (Å²) in [6.07, 6.45) is 4.24. The van der Waals surface area contributed by atoms with E-state index in [2.05, 4.69) is 22.5 Å². The number of amides is 1. The van der Waals surface area contributed by atoms with Gasteiger partial charge in [0.25, 0.3) is 0 Å². The molecule has 17 heavy (non-hydrogen) atoms. The van der Waals surface area contributed by atoms with E-state index in [0.29, 0.717) is 12.5 Å². The van der Waals surface area contributed by atoms with E-state index in [-0.39, 0.29) is 5.91 Å². The Hall–Kier alpha value is -0.610. The van der Waals surface area contributed by atoms with Crippen LogP contribution in [0.25, 0.3) is 0 Å². The molecule has 1 aliphatic heterocycles. The smallest absolute Gasteiger partial charge is 0.221 e. The highest BCUT2D eigenvalue weighted by Gasteiger charge is 2.20. The predicted octanol–water partition coefficient (Wildman–Crippen LogP) is 0.977. The first-order chi connectivity index (χ1) is 8.27. The van der Waals surface area contributed by atoms with Gasteiger partial charge in [-0.25, -0.2) is 0 Å². The molecule has 0 spiro atoms. The molecule has 0 radical (unpaired) electrons.